The molecule has 166 valence electrons. The predicted molar refractivity (Wildman–Crippen MR) is 120 cm³/mol. The van der Waals surface area contributed by atoms with Gasteiger partial charge in [-0.25, -0.2) is 0 Å². The number of benzene rings is 2. The van der Waals surface area contributed by atoms with Crippen LogP contribution in [0, 0.1) is 0 Å². The van der Waals surface area contributed by atoms with Crippen LogP contribution in [-0.2, 0) is 22.7 Å². The lowest BCUT2D eigenvalue weighted by Gasteiger charge is -2.23. The van der Waals surface area contributed by atoms with Crippen LogP contribution in [0.5, 0.6) is 0 Å². The first-order valence-corrected chi connectivity index (χ1v) is 10.8. The van der Waals surface area contributed by atoms with E-state index in [1.165, 1.54) is 4.80 Å². The second-order valence-electron chi connectivity index (χ2n) is 7.91. The number of tetrazole rings is 1. The van der Waals surface area contributed by atoms with E-state index < -0.39 is 0 Å². The number of rotatable bonds is 9. The molecule has 3 aromatic rings. The Morgan fingerprint density at radius 3 is 2.69 bits per heavy atom. The normalized spacial score (nSPS) is 16.2. The number of para-hydroxylation sites is 1. The summed E-state index contributed by atoms with van der Waals surface area (Å²) in [5.74, 6) is 0.204. The highest BCUT2D eigenvalue weighted by Crippen LogP contribution is 2.24. The highest BCUT2D eigenvalue weighted by molar-refractivity contribution is 5.91. The van der Waals surface area contributed by atoms with Gasteiger partial charge in [0.15, 0.2) is 0 Å². The van der Waals surface area contributed by atoms with Crippen molar-refractivity contribution in [2.45, 2.75) is 44.8 Å². The van der Waals surface area contributed by atoms with Crippen molar-refractivity contribution in [1.29, 1.82) is 0 Å². The van der Waals surface area contributed by atoms with Crippen LogP contribution in [-0.4, -0.2) is 49.5 Å². The second kappa shape index (κ2) is 10.1. The number of aromatic nitrogens is 4. The smallest absolute Gasteiger partial charge is 0.234 e. The SMILES string of the molecule is NC(=O)C1CCCN1Cc1ccccc1NC(=O)CCCn1nnc(-c2ccccc2)n1. The second-order valence-corrected chi connectivity index (χ2v) is 7.91. The van der Waals surface area contributed by atoms with Crippen molar-refractivity contribution < 1.29 is 9.59 Å². The molecule has 1 fully saturated rings. The van der Waals surface area contributed by atoms with E-state index in [0.717, 1.165) is 36.2 Å². The number of nitrogens with one attached hydrogen (secondary N) is 1. The number of primary amides is 1. The zero-order valence-electron chi connectivity index (χ0n) is 17.9. The van der Waals surface area contributed by atoms with Gasteiger partial charge in [-0.3, -0.25) is 14.5 Å². The molecule has 3 N–H and O–H groups in total. The van der Waals surface area contributed by atoms with Gasteiger partial charge in [0.25, 0.3) is 0 Å². The van der Waals surface area contributed by atoms with Gasteiger partial charge in [-0.2, -0.15) is 4.80 Å². The van der Waals surface area contributed by atoms with E-state index in [-0.39, 0.29) is 17.9 Å². The van der Waals surface area contributed by atoms with E-state index in [9.17, 15) is 9.59 Å². The van der Waals surface area contributed by atoms with Crippen molar-refractivity contribution in [3.8, 4) is 11.4 Å². The summed E-state index contributed by atoms with van der Waals surface area (Å²) in [5, 5.41) is 15.5. The van der Waals surface area contributed by atoms with Gasteiger partial charge in [0.05, 0.1) is 12.6 Å². The van der Waals surface area contributed by atoms with Crippen LogP contribution in [0.3, 0.4) is 0 Å². The Morgan fingerprint density at radius 2 is 1.88 bits per heavy atom. The van der Waals surface area contributed by atoms with Crippen LogP contribution in [0.4, 0.5) is 5.69 Å². The topological polar surface area (TPSA) is 119 Å². The highest BCUT2D eigenvalue weighted by atomic mass is 16.2. The lowest BCUT2D eigenvalue weighted by atomic mass is 10.1. The predicted octanol–water partition coefficient (Wildman–Crippen LogP) is 2.21. The van der Waals surface area contributed by atoms with E-state index in [0.29, 0.717) is 31.8 Å². The Hall–Kier alpha value is -3.59. The summed E-state index contributed by atoms with van der Waals surface area (Å²) in [7, 11) is 0. The van der Waals surface area contributed by atoms with Gasteiger partial charge in [-0.1, -0.05) is 48.5 Å². The minimum absolute atomic E-state index is 0.0753. The number of nitrogens with two attached hydrogens (primary N) is 1. The Labute approximate surface area is 186 Å². The standard InChI is InChI=1S/C23H27N7O2/c24-22(32)20-12-6-14-29(20)16-18-10-4-5-11-19(18)25-21(31)13-7-15-30-27-23(26-28-30)17-8-2-1-3-9-17/h1-5,8-11,20H,6-7,12-16H2,(H2,24,32)(H,25,31). The van der Waals surface area contributed by atoms with E-state index in [1.807, 2.05) is 54.6 Å². The van der Waals surface area contributed by atoms with Gasteiger partial charge in [-0.15, -0.1) is 10.2 Å². The monoisotopic (exact) mass is 433 g/mol. The molecule has 0 radical (unpaired) electrons. The van der Waals surface area contributed by atoms with E-state index in [4.69, 9.17) is 5.73 Å². The average Bonchev–Trinajstić information content (AvgIpc) is 3.46. The van der Waals surface area contributed by atoms with Gasteiger partial charge in [0, 0.05) is 24.2 Å². The fourth-order valence-electron chi connectivity index (χ4n) is 3.97. The molecule has 1 atom stereocenters. The molecule has 1 unspecified atom stereocenters. The van der Waals surface area contributed by atoms with E-state index >= 15 is 0 Å². The van der Waals surface area contributed by atoms with Crippen LogP contribution in [0.2, 0.25) is 0 Å². The molecule has 0 bridgehead atoms. The van der Waals surface area contributed by atoms with Gasteiger partial charge < -0.3 is 11.1 Å². The maximum absolute atomic E-state index is 12.5. The van der Waals surface area contributed by atoms with Crippen molar-refractivity contribution >= 4 is 17.5 Å². The third-order valence-corrected chi connectivity index (χ3v) is 5.60. The maximum atomic E-state index is 12.5. The Bertz CT molecular complexity index is 1070. The van der Waals surface area contributed by atoms with Crippen LogP contribution in [0.25, 0.3) is 11.4 Å². The quantitative estimate of drug-likeness (QED) is 0.534. The van der Waals surface area contributed by atoms with Gasteiger partial charge in [0.2, 0.25) is 17.6 Å². The number of carbonyl (C=O) groups is 2. The summed E-state index contributed by atoms with van der Waals surface area (Å²) >= 11 is 0. The number of hydrogen-bond acceptors (Lipinski definition) is 6. The minimum Gasteiger partial charge on any atom is -0.368 e. The zero-order chi connectivity index (χ0) is 22.3. The Morgan fingerprint density at radius 1 is 1.09 bits per heavy atom. The molecule has 0 saturated carbocycles. The molecule has 1 aromatic heterocycles. The molecular weight excluding hydrogens is 406 g/mol. The molecule has 9 nitrogen and oxygen atoms in total. The average molecular weight is 434 g/mol. The number of aryl methyl sites for hydroxylation is 1. The first kappa shape index (κ1) is 21.6. The van der Waals surface area contributed by atoms with Crippen molar-refractivity contribution in [2.75, 3.05) is 11.9 Å². The number of likely N-dealkylation sites (tertiary alicyclic amines) is 1. The molecule has 2 aromatic carbocycles. The minimum atomic E-state index is -0.291. The van der Waals surface area contributed by atoms with Crippen molar-refractivity contribution in [3.05, 3.63) is 60.2 Å². The molecule has 0 aliphatic carbocycles. The highest BCUT2D eigenvalue weighted by Gasteiger charge is 2.29. The molecule has 32 heavy (non-hydrogen) atoms. The van der Waals surface area contributed by atoms with Gasteiger partial charge >= 0.3 is 0 Å². The first-order chi connectivity index (χ1) is 15.6. The lowest BCUT2D eigenvalue weighted by molar-refractivity contribution is -0.122. The summed E-state index contributed by atoms with van der Waals surface area (Å²) in [5.41, 5.74) is 8.17. The van der Waals surface area contributed by atoms with Gasteiger partial charge in [-0.05, 0) is 42.7 Å². The summed E-state index contributed by atoms with van der Waals surface area (Å²) in [6.45, 7) is 1.91. The van der Waals surface area contributed by atoms with Gasteiger partial charge in [0.1, 0.15) is 0 Å². The maximum Gasteiger partial charge on any atom is 0.234 e. The number of carbonyl (C=O) groups excluding carboxylic acids is 2. The van der Waals surface area contributed by atoms with Crippen molar-refractivity contribution in [3.63, 3.8) is 0 Å². The summed E-state index contributed by atoms with van der Waals surface area (Å²) in [6, 6.07) is 17.1. The molecule has 2 amide bonds. The molecule has 1 aliphatic rings. The van der Waals surface area contributed by atoms with Crippen LogP contribution >= 0.6 is 0 Å². The molecule has 0 spiro atoms. The molecule has 2 heterocycles. The summed E-state index contributed by atoms with van der Waals surface area (Å²) in [4.78, 5) is 27.8. The number of hydrogen-bond donors (Lipinski definition) is 2. The van der Waals surface area contributed by atoms with Crippen molar-refractivity contribution in [2.24, 2.45) is 5.73 Å². The Kier molecular flexibility index (Phi) is 6.86. The third kappa shape index (κ3) is 5.36. The lowest BCUT2D eigenvalue weighted by Crippen LogP contribution is -2.39. The number of anilines is 1. The first-order valence-electron chi connectivity index (χ1n) is 10.8. The number of amides is 2. The van der Waals surface area contributed by atoms with Crippen LogP contribution in [0.15, 0.2) is 54.6 Å². The zero-order valence-corrected chi connectivity index (χ0v) is 17.9. The van der Waals surface area contributed by atoms with E-state index in [1.54, 1.807) is 0 Å². The molecule has 4 rings (SSSR count). The molecule has 9 heteroatoms. The third-order valence-electron chi connectivity index (χ3n) is 5.60. The fraction of sp³-hybridized carbons (Fsp3) is 0.348. The molecular formula is C23H27N7O2. The molecule has 1 aliphatic heterocycles. The summed E-state index contributed by atoms with van der Waals surface area (Å²) < 4.78 is 0. The van der Waals surface area contributed by atoms with Crippen LogP contribution < -0.4 is 11.1 Å². The Balaban J connectivity index is 1.29. The molecule has 1 saturated heterocycles. The fourth-order valence-corrected chi connectivity index (χ4v) is 3.97. The number of nitrogens with zero attached hydrogens (tertiary/aromatic N) is 5. The largest absolute Gasteiger partial charge is 0.368 e. The summed E-state index contributed by atoms with van der Waals surface area (Å²) in [6.07, 6.45) is 2.66. The van der Waals surface area contributed by atoms with E-state index in [2.05, 4.69) is 25.6 Å². The van der Waals surface area contributed by atoms with Crippen LogP contribution in [0.1, 0.15) is 31.2 Å². The van der Waals surface area contributed by atoms with Crippen molar-refractivity contribution in [1.82, 2.24) is 25.1 Å².